The van der Waals surface area contributed by atoms with Crippen LogP contribution in [0.15, 0.2) is 45.8 Å². The van der Waals surface area contributed by atoms with Crippen molar-refractivity contribution in [3.63, 3.8) is 0 Å². The fourth-order valence-corrected chi connectivity index (χ4v) is 1.68. The number of amidine groups is 1. The summed E-state index contributed by atoms with van der Waals surface area (Å²) >= 11 is 0. The van der Waals surface area contributed by atoms with Crippen LogP contribution in [-0.2, 0) is 6.18 Å². The normalized spacial score (nSPS) is 12.7. The molecular formula is C13H11F3N2O. The van der Waals surface area contributed by atoms with Gasteiger partial charge in [0.15, 0.2) is 11.6 Å². The number of furan rings is 1. The summed E-state index contributed by atoms with van der Waals surface area (Å²) in [6, 6.07) is 8.14. The maximum absolute atomic E-state index is 12.9. The summed E-state index contributed by atoms with van der Waals surface area (Å²) < 4.78 is 43.9. The fourth-order valence-electron chi connectivity index (χ4n) is 1.68. The van der Waals surface area contributed by atoms with Crippen molar-refractivity contribution in [1.82, 2.24) is 0 Å². The second kappa shape index (κ2) is 4.79. The summed E-state index contributed by atoms with van der Waals surface area (Å²) in [5, 5.41) is 0. The Labute approximate surface area is 107 Å². The van der Waals surface area contributed by atoms with Crippen LogP contribution in [0, 0.1) is 0 Å². The number of rotatable bonds is 2. The van der Waals surface area contributed by atoms with Gasteiger partial charge in [-0.15, -0.1) is 0 Å². The Morgan fingerprint density at radius 3 is 2.47 bits per heavy atom. The minimum absolute atomic E-state index is 0.0230. The van der Waals surface area contributed by atoms with Gasteiger partial charge in [0.2, 0.25) is 0 Å². The Morgan fingerprint density at radius 2 is 1.84 bits per heavy atom. The van der Waals surface area contributed by atoms with Crippen LogP contribution >= 0.6 is 0 Å². The zero-order valence-corrected chi connectivity index (χ0v) is 10.0. The third-order valence-corrected chi connectivity index (χ3v) is 2.60. The van der Waals surface area contributed by atoms with E-state index >= 15 is 0 Å². The molecule has 0 atom stereocenters. The lowest BCUT2D eigenvalue weighted by atomic mass is 10.1. The van der Waals surface area contributed by atoms with Gasteiger partial charge in [-0.1, -0.05) is 18.2 Å². The van der Waals surface area contributed by atoms with Gasteiger partial charge in [-0.05, 0) is 18.2 Å². The molecule has 0 amide bonds. The predicted molar refractivity (Wildman–Crippen MR) is 65.8 cm³/mol. The number of nitrogens with zero attached hydrogens (tertiary/aromatic N) is 1. The molecular weight excluding hydrogens is 257 g/mol. The Morgan fingerprint density at radius 1 is 1.16 bits per heavy atom. The first-order valence-electron chi connectivity index (χ1n) is 5.42. The minimum Gasteiger partial charge on any atom is -0.453 e. The highest BCUT2D eigenvalue weighted by Crippen LogP contribution is 2.37. The number of halogens is 3. The predicted octanol–water partition coefficient (Wildman–Crippen LogP) is 3.30. The molecule has 1 heterocycles. The van der Waals surface area contributed by atoms with E-state index < -0.39 is 11.7 Å². The topological polar surface area (TPSA) is 51.5 Å². The van der Waals surface area contributed by atoms with E-state index in [1.807, 2.05) is 0 Å². The Hall–Kier alpha value is -2.24. The van der Waals surface area contributed by atoms with Gasteiger partial charge in [0.25, 0.3) is 0 Å². The van der Waals surface area contributed by atoms with Crippen molar-refractivity contribution in [2.24, 2.45) is 10.7 Å². The number of hydrogen-bond donors (Lipinski definition) is 1. The van der Waals surface area contributed by atoms with E-state index in [1.165, 1.54) is 37.4 Å². The van der Waals surface area contributed by atoms with Crippen molar-refractivity contribution in [3.05, 3.63) is 47.7 Å². The summed E-state index contributed by atoms with van der Waals surface area (Å²) in [5.41, 5.74) is 4.77. The molecule has 0 saturated carbocycles. The lowest BCUT2D eigenvalue weighted by Crippen LogP contribution is -2.11. The Balaban J connectivity index is 2.51. The standard InChI is InChI=1S/C13H11F3N2O/c1-18-12(17)11-7-6-10(19-11)8-4-2-3-5-9(8)13(14,15)16/h2-7H,1H3,(H2,17,18). The van der Waals surface area contributed by atoms with Crippen molar-refractivity contribution < 1.29 is 17.6 Å². The molecule has 3 nitrogen and oxygen atoms in total. The van der Waals surface area contributed by atoms with Gasteiger partial charge < -0.3 is 10.2 Å². The van der Waals surface area contributed by atoms with Crippen LogP contribution in [-0.4, -0.2) is 12.9 Å². The van der Waals surface area contributed by atoms with Gasteiger partial charge in [-0.3, -0.25) is 4.99 Å². The number of alkyl halides is 3. The van der Waals surface area contributed by atoms with E-state index in [-0.39, 0.29) is 22.9 Å². The van der Waals surface area contributed by atoms with E-state index in [0.29, 0.717) is 0 Å². The highest BCUT2D eigenvalue weighted by molar-refractivity contribution is 5.95. The second-order valence-electron chi connectivity index (χ2n) is 3.82. The van der Waals surface area contributed by atoms with Crippen LogP contribution < -0.4 is 5.73 Å². The molecule has 6 heteroatoms. The van der Waals surface area contributed by atoms with E-state index in [2.05, 4.69) is 4.99 Å². The zero-order valence-electron chi connectivity index (χ0n) is 10.0. The monoisotopic (exact) mass is 268 g/mol. The number of nitrogens with two attached hydrogens (primary N) is 1. The van der Waals surface area contributed by atoms with Crippen LogP contribution in [0.2, 0.25) is 0 Å². The lowest BCUT2D eigenvalue weighted by Gasteiger charge is -2.10. The summed E-state index contributed by atoms with van der Waals surface area (Å²) in [6.07, 6.45) is -4.44. The van der Waals surface area contributed by atoms with Crippen molar-refractivity contribution in [2.75, 3.05) is 7.05 Å². The molecule has 0 fully saturated rings. The van der Waals surface area contributed by atoms with Crippen molar-refractivity contribution in [2.45, 2.75) is 6.18 Å². The summed E-state index contributed by atoms with van der Waals surface area (Å²) in [6.45, 7) is 0. The van der Waals surface area contributed by atoms with Gasteiger partial charge in [0.1, 0.15) is 5.76 Å². The molecule has 19 heavy (non-hydrogen) atoms. The molecule has 2 rings (SSSR count). The molecule has 0 aliphatic heterocycles. The van der Waals surface area contributed by atoms with Crippen molar-refractivity contribution >= 4 is 5.84 Å². The first-order chi connectivity index (χ1) is 8.93. The van der Waals surface area contributed by atoms with Crippen molar-refractivity contribution in [3.8, 4) is 11.3 Å². The molecule has 0 bridgehead atoms. The maximum Gasteiger partial charge on any atom is 0.417 e. The van der Waals surface area contributed by atoms with Gasteiger partial charge in [-0.25, -0.2) is 0 Å². The fraction of sp³-hybridized carbons (Fsp3) is 0.154. The molecule has 1 aromatic carbocycles. The lowest BCUT2D eigenvalue weighted by molar-refractivity contribution is -0.137. The zero-order chi connectivity index (χ0) is 14.0. The molecule has 100 valence electrons. The molecule has 0 unspecified atom stereocenters. The summed E-state index contributed by atoms with van der Waals surface area (Å²) in [4.78, 5) is 3.72. The smallest absolute Gasteiger partial charge is 0.417 e. The molecule has 2 N–H and O–H groups in total. The summed E-state index contributed by atoms with van der Waals surface area (Å²) in [7, 11) is 1.47. The molecule has 0 saturated heterocycles. The van der Waals surface area contributed by atoms with Gasteiger partial charge >= 0.3 is 6.18 Å². The van der Waals surface area contributed by atoms with Gasteiger partial charge in [-0.2, -0.15) is 13.2 Å². The SMILES string of the molecule is CN=C(N)c1ccc(-c2ccccc2C(F)(F)F)o1. The van der Waals surface area contributed by atoms with Crippen LogP contribution in [0.4, 0.5) is 13.2 Å². The maximum atomic E-state index is 12.9. The summed E-state index contributed by atoms with van der Waals surface area (Å²) in [5.74, 6) is 0.486. The van der Waals surface area contributed by atoms with E-state index in [4.69, 9.17) is 10.2 Å². The Bertz CT molecular complexity index is 614. The molecule has 2 aromatic rings. The molecule has 0 aliphatic carbocycles. The Kier molecular flexibility index (Phi) is 3.33. The number of hydrogen-bond acceptors (Lipinski definition) is 2. The largest absolute Gasteiger partial charge is 0.453 e. The van der Waals surface area contributed by atoms with Crippen LogP contribution in [0.3, 0.4) is 0 Å². The molecule has 0 aliphatic rings. The van der Waals surface area contributed by atoms with E-state index in [1.54, 1.807) is 0 Å². The first kappa shape index (κ1) is 13.2. The average Bonchev–Trinajstić information content (AvgIpc) is 2.86. The first-order valence-corrected chi connectivity index (χ1v) is 5.42. The highest BCUT2D eigenvalue weighted by Gasteiger charge is 2.34. The third-order valence-electron chi connectivity index (χ3n) is 2.60. The highest BCUT2D eigenvalue weighted by atomic mass is 19.4. The average molecular weight is 268 g/mol. The number of benzene rings is 1. The van der Waals surface area contributed by atoms with Crippen LogP contribution in [0.5, 0.6) is 0 Å². The third kappa shape index (κ3) is 2.62. The second-order valence-corrected chi connectivity index (χ2v) is 3.82. The van der Waals surface area contributed by atoms with Crippen LogP contribution in [0.1, 0.15) is 11.3 Å². The molecule has 1 aromatic heterocycles. The van der Waals surface area contributed by atoms with E-state index in [9.17, 15) is 13.2 Å². The number of aliphatic imine (C=N–C) groups is 1. The van der Waals surface area contributed by atoms with Crippen molar-refractivity contribution in [1.29, 1.82) is 0 Å². The quantitative estimate of drug-likeness (QED) is 0.671. The van der Waals surface area contributed by atoms with Gasteiger partial charge in [0, 0.05) is 12.6 Å². The van der Waals surface area contributed by atoms with Crippen LogP contribution in [0.25, 0.3) is 11.3 Å². The molecule has 0 radical (unpaired) electrons. The minimum atomic E-state index is -4.44. The van der Waals surface area contributed by atoms with Gasteiger partial charge in [0.05, 0.1) is 5.56 Å². The van der Waals surface area contributed by atoms with E-state index in [0.717, 1.165) is 6.07 Å². The molecule has 0 spiro atoms.